The number of nitrogens with zero attached hydrogens (tertiary/aromatic N) is 4. The molecule has 4 N–H and O–H groups in total. The van der Waals surface area contributed by atoms with Gasteiger partial charge in [-0.15, -0.1) is 5.10 Å². The summed E-state index contributed by atoms with van der Waals surface area (Å²) >= 11 is 0. The van der Waals surface area contributed by atoms with Crippen LogP contribution < -0.4 is 16.2 Å². The Kier molecular flexibility index (Phi) is 3.07. The van der Waals surface area contributed by atoms with Crippen molar-refractivity contribution in [1.29, 1.82) is 0 Å². The van der Waals surface area contributed by atoms with Gasteiger partial charge in [0.2, 0.25) is 0 Å². The van der Waals surface area contributed by atoms with Crippen LogP contribution in [0.3, 0.4) is 0 Å². The Morgan fingerprint density at radius 2 is 2.13 bits per heavy atom. The largest absolute Gasteiger partial charge is 0.459 e. The molecule has 2 aromatic heterocycles. The molecule has 0 saturated heterocycles. The maximum Gasteiger partial charge on any atom is 0.336 e. The minimum atomic E-state index is 0.0681. The Labute approximate surface area is 135 Å². The number of nitrogen functional groups attached to an aromatic ring is 1. The summed E-state index contributed by atoms with van der Waals surface area (Å²) in [4.78, 5) is 8.61. The van der Waals surface area contributed by atoms with E-state index in [1.54, 1.807) is 4.52 Å². The zero-order chi connectivity index (χ0) is 16.2. The first kappa shape index (κ1) is 14.7. The van der Waals surface area contributed by atoms with Gasteiger partial charge in [-0.1, -0.05) is 13.3 Å². The lowest BCUT2D eigenvalue weighted by molar-refractivity contribution is -0.130. The fourth-order valence-corrected chi connectivity index (χ4v) is 4.40. The standard InChI is InChI=1S/C16H24N6O/c1-3-4-10(2)23-14-20-12(17)13-19-6-11(22(13)21-14)5-15-7-16(18,8-15)9-15/h6,10H,3-5,7-9,18H2,1-2H3,(H2,17,20,21)/t10-,15?,16?/m0/s1. The predicted molar refractivity (Wildman–Crippen MR) is 87.1 cm³/mol. The van der Waals surface area contributed by atoms with E-state index in [9.17, 15) is 0 Å². The molecule has 0 aliphatic heterocycles. The summed E-state index contributed by atoms with van der Waals surface area (Å²) in [6.07, 6.45) is 8.17. The van der Waals surface area contributed by atoms with Gasteiger partial charge in [0.05, 0.1) is 18.0 Å². The summed E-state index contributed by atoms with van der Waals surface area (Å²) in [5.41, 5.74) is 14.3. The molecule has 3 fully saturated rings. The van der Waals surface area contributed by atoms with Crippen LogP contribution in [0.2, 0.25) is 0 Å². The molecule has 3 aliphatic carbocycles. The lowest BCUT2D eigenvalue weighted by atomic mass is 9.38. The second-order valence-electron chi connectivity index (χ2n) is 7.55. The summed E-state index contributed by atoms with van der Waals surface area (Å²) in [5, 5.41) is 4.50. The average molecular weight is 316 g/mol. The van der Waals surface area contributed by atoms with Gasteiger partial charge in [0.1, 0.15) is 0 Å². The van der Waals surface area contributed by atoms with E-state index >= 15 is 0 Å². The average Bonchev–Trinajstić information content (AvgIpc) is 2.79. The van der Waals surface area contributed by atoms with Crippen LogP contribution in [0.4, 0.5) is 5.82 Å². The van der Waals surface area contributed by atoms with E-state index in [1.165, 1.54) is 0 Å². The summed E-state index contributed by atoms with van der Waals surface area (Å²) in [6.45, 7) is 4.14. The highest BCUT2D eigenvalue weighted by molar-refractivity contribution is 5.59. The quantitative estimate of drug-likeness (QED) is 0.840. The Morgan fingerprint density at radius 3 is 2.78 bits per heavy atom. The summed E-state index contributed by atoms with van der Waals surface area (Å²) in [5.74, 6) is 0.359. The Balaban J connectivity index is 1.60. The van der Waals surface area contributed by atoms with Crippen molar-refractivity contribution in [3.05, 3.63) is 11.9 Å². The van der Waals surface area contributed by atoms with Crippen molar-refractivity contribution in [1.82, 2.24) is 19.6 Å². The van der Waals surface area contributed by atoms with Crippen molar-refractivity contribution in [2.75, 3.05) is 5.73 Å². The molecule has 2 bridgehead atoms. The third kappa shape index (κ3) is 2.34. The first-order valence-electron chi connectivity index (χ1n) is 8.38. The molecule has 7 nitrogen and oxygen atoms in total. The molecule has 0 amide bonds. The zero-order valence-corrected chi connectivity index (χ0v) is 13.7. The monoisotopic (exact) mass is 316 g/mol. The van der Waals surface area contributed by atoms with Gasteiger partial charge in [-0.25, -0.2) is 9.50 Å². The molecule has 0 unspecified atom stereocenters. The second kappa shape index (κ2) is 4.80. The van der Waals surface area contributed by atoms with Crippen LogP contribution in [0, 0.1) is 5.41 Å². The molecule has 23 heavy (non-hydrogen) atoms. The topological polar surface area (TPSA) is 104 Å². The van der Waals surface area contributed by atoms with E-state index in [2.05, 4.69) is 22.0 Å². The van der Waals surface area contributed by atoms with Crippen LogP contribution >= 0.6 is 0 Å². The molecule has 0 aromatic carbocycles. The van der Waals surface area contributed by atoms with E-state index in [-0.39, 0.29) is 11.6 Å². The van der Waals surface area contributed by atoms with E-state index < -0.39 is 0 Å². The highest BCUT2D eigenvalue weighted by atomic mass is 16.5. The SMILES string of the molecule is CCC[C@H](C)Oc1nc(N)c2ncc(CC34CC(N)(C3)C4)n2n1. The molecule has 3 aliphatic rings. The molecule has 2 heterocycles. The number of rotatable bonds is 6. The smallest absolute Gasteiger partial charge is 0.336 e. The first-order chi connectivity index (χ1) is 10.9. The number of hydrogen-bond acceptors (Lipinski definition) is 6. The van der Waals surface area contributed by atoms with Crippen molar-refractivity contribution < 1.29 is 4.74 Å². The number of fused-ring (bicyclic) bond motifs is 1. The van der Waals surface area contributed by atoms with Gasteiger partial charge in [-0.05, 0) is 44.4 Å². The van der Waals surface area contributed by atoms with E-state index in [1.807, 2.05) is 13.1 Å². The molecule has 3 saturated carbocycles. The lowest BCUT2D eigenvalue weighted by Crippen LogP contribution is -2.72. The molecule has 1 atom stereocenters. The molecule has 124 valence electrons. The summed E-state index contributed by atoms with van der Waals surface area (Å²) in [6, 6.07) is 0.322. The summed E-state index contributed by atoms with van der Waals surface area (Å²) < 4.78 is 7.59. The zero-order valence-electron chi connectivity index (χ0n) is 13.7. The molecule has 0 radical (unpaired) electrons. The first-order valence-corrected chi connectivity index (χ1v) is 8.38. The third-order valence-corrected chi connectivity index (χ3v) is 5.18. The van der Waals surface area contributed by atoms with E-state index in [4.69, 9.17) is 16.2 Å². The van der Waals surface area contributed by atoms with Crippen LogP contribution in [-0.4, -0.2) is 31.2 Å². The molecule has 7 heteroatoms. The van der Waals surface area contributed by atoms with Crippen LogP contribution in [0.15, 0.2) is 6.20 Å². The van der Waals surface area contributed by atoms with Gasteiger partial charge < -0.3 is 16.2 Å². The fourth-order valence-electron chi connectivity index (χ4n) is 4.40. The minimum absolute atomic E-state index is 0.0681. The van der Waals surface area contributed by atoms with Crippen molar-refractivity contribution in [3.8, 4) is 6.01 Å². The normalized spacial score (nSPS) is 29.9. The van der Waals surface area contributed by atoms with Gasteiger partial charge in [-0.2, -0.15) is 4.98 Å². The maximum atomic E-state index is 6.16. The Bertz CT molecular complexity index is 735. The minimum Gasteiger partial charge on any atom is -0.459 e. The molecule has 0 spiro atoms. The highest BCUT2D eigenvalue weighted by Crippen LogP contribution is 2.67. The third-order valence-electron chi connectivity index (χ3n) is 5.18. The molecular formula is C16H24N6O. The van der Waals surface area contributed by atoms with Crippen LogP contribution in [0.25, 0.3) is 5.65 Å². The van der Waals surface area contributed by atoms with Crippen molar-refractivity contribution in [2.24, 2.45) is 11.1 Å². The van der Waals surface area contributed by atoms with Gasteiger partial charge in [0.25, 0.3) is 0 Å². The number of nitrogens with two attached hydrogens (primary N) is 2. The second-order valence-corrected chi connectivity index (χ2v) is 7.55. The fraction of sp³-hybridized carbons (Fsp3) is 0.688. The van der Waals surface area contributed by atoms with Crippen molar-refractivity contribution >= 4 is 11.5 Å². The van der Waals surface area contributed by atoms with E-state index in [0.29, 0.717) is 22.9 Å². The molecule has 5 rings (SSSR count). The number of hydrogen-bond donors (Lipinski definition) is 2. The van der Waals surface area contributed by atoms with Crippen molar-refractivity contribution in [3.63, 3.8) is 0 Å². The molecule has 2 aromatic rings. The predicted octanol–water partition coefficient (Wildman–Crippen LogP) is 1.70. The van der Waals surface area contributed by atoms with E-state index in [0.717, 1.165) is 44.2 Å². The Morgan fingerprint density at radius 1 is 1.39 bits per heavy atom. The van der Waals surface area contributed by atoms with Gasteiger partial charge in [-0.3, -0.25) is 0 Å². The lowest BCUT2D eigenvalue weighted by Gasteiger charge is -2.69. The summed E-state index contributed by atoms with van der Waals surface area (Å²) in [7, 11) is 0. The van der Waals surface area contributed by atoms with Gasteiger partial charge in [0, 0.05) is 5.54 Å². The molecular weight excluding hydrogens is 292 g/mol. The van der Waals surface area contributed by atoms with Crippen LogP contribution in [-0.2, 0) is 6.42 Å². The Hall–Kier alpha value is -1.89. The van der Waals surface area contributed by atoms with Crippen LogP contribution in [0.5, 0.6) is 6.01 Å². The number of anilines is 1. The van der Waals surface area contributed by atoms with Gasteiger partial charge in [0.15, 0.2) is 11.5 Å². The van der Waals surface area contributed by atoms with Gasteiger partial charge >= 0.3 is 6.01 Å². The van der Waals surface area contributed by atoms with Crippen LogP contribution in [0.1, 0.15) is 51.6 Å². The highest BCUT2D eigenvalue weighted by Gasteiger charge is 2.65. The number of aromatic nitrogens is 4. The number of imidazole rings is 1. The maximum absolute atomic E-state index is 6.16. The number of ether oxygens (including phenoxy) is 1. The van der Waals surface area contributed by atoms with Crippen molar-refractivity contribution in [2.45, 2.75) is 64.0 Å².